The van der Waals surface area contributed by atoms with Gasteiger partial charge in [-0.3, -0.25) is 9.59 Å². The molecule has 1 atom stereocenters. The van der Waals surface area contributed by atoms with Crippen LogP contribution >= 0.6 is 11.6 Å². The summed E-state index contributed by atoms with van der Waals surface area (Å²) in [5.74, 6) is -0.581. The van der Waals surface area contributed by atoms with E-state index in [4.69, 9.17) is 16.3 Å². The number of piperidine rings is 1. The molecule has 1 unspecified atom stereocenters. The van der Waals surface area contributed by atoms with Crippen LogP contribution in [0.2, 0.25) is 5.02 Å². The lowest BCUT2D eigenvalue weighted by atomic mass is 9.96. The van der Waals surface area contributed by atoms with Crippen LogP contribution in [0.3, 0.4) is 0 Å². The molecule has 2 heterocycles. The predicted molar refractivity (Wildman–Crippen MR) is 127 cm³/mol. The Labute approximate surface area is 199 Å². The Hall–Kier alpha value is -2.80. The molecule has 0 radical (unpaired) electrons. The van der Waals surface area contributed by atoms with Crippen LogP contribution in [0, 0.1) is 19.8 Å². The number of carbonyl (C=O) groups is 3. The van der Waals surface area contributed by atoms with Crippen molar-refractivity contribution >= 4 is 29.4 Å². The number of aryl methyl sites for hydroxylation is 1. The topological polar surface area (TPSA) is 91.5 Å². The molecule has 0 aliphatic carbocycles. The zero-order valence-corrected chi connectivity index (χ0v) is 20.3. The lowest BCUT2D eigenvalue weighted by molar-refractivity contribution is -0.135. The van der Waals surface area contributed by atoms with Crippen molar-refractivity contribution in [3.05, 3.63) is 57.4 Å². The van der Waals surface area contributed by atoms with Crippen LogP contribution in [0.5, 0.6) is 0 Å². The first-order valence-electron chi connectivity index (χ1n) is 11.4. The van der Waals surface area contributed by atoms with Gasteiger partial charge in [-0.25, -0.2) is 4.79 Å². The molecule has 1 aromatic carbocycles. The molecule has 2 amide bonds. The highest BCUT2D eigenvalue weighted by Gasteiger charge is 2.28. The fourth-order valence-electron chi connectivity index (χ4n) is 4.31. The summed E-state index contributed by atoms with van der Waals surface area (Å²) < 4.78 is 5.10. The molecule has 2 aromatic rings. The second kappa shape index (κ2) is 11.4. The van der Waals surface area contributed by atoms with E-state index in [1.807, 2.05) is 26.0 Å². The van der Waals surface area contributed by atoms with Gasteiger partial charge in [0.15, 0.2) is 0 Å². The summed E-state index contributed by atoms with van der Waals surface area (Å²) in [6.45, 7) is 7.40. The molecule has 8 heteroatoms. The Morgan fingerprint density at radius 1 is 1.21 bits per heavy atom. The minimum atomic E-state index is -0.376. The van der Waals surface area contributed by atoms with Crippen LogP contribution in [0.4, 0.5) is 0 Å². The Kier molecular flexibility index (Phi) is 8.55. The van der Waals surface area contributed by atoms with E-state index in [2.05, 4.69) is 10.3 Å². The van der Waals surface area contributed by atoms with Crippen LogP contribution in [0.1, 0.15) is 59.1 Å². The molecule has 0 saturated carbocycles. The van der Waals surface area contributed by atoms with Crippen molar-refractivity contribution in [2.45, 2.75) is 53.0 Å². The van der Waals surface area contributed by atoms with Crippen LogP contribution in [0.15, 0.2) is 24.3 Å². The van der Waals surface area contributed by atoms with Crippen molar-refractivity contribution in [1.82, 2.24) is 15.2 Å². The SMILES string of the molecule is CCOC(=O)c1[nH]c(C)c(CCC(=O)N2CCCC(C(=O)NCc3ccc(Cl)cc3)C2)c1C. The summed E-state index contributed by atoms with van der Waals surface area (Å²) in [7, 11) is 0. The Balaban J connectivity index is 1.53. The number of aromatic nitrogens is 1. The number of halogens is 1. The first-order valence-corrected chi connectivity index (χ1v) is 11.8. The van der Waals surface area contributed by atoms with Gasteiger partial charge in [-0.2, -0.15) is 0 Å². The number of esters is 1. The van der Waals surface area contributed by atoms with Crippen molar-refractivity contribution in [2.75, 3.05) is 19.7 Å². The third-order valence-electron chi connectivity index (χ3n) is 6.19. The second-order valence-electron chi connectivity index (χ2n) is 8.47. The molecule has 1 saturated heterocycles. The van der Waals surface area contributed by atoms with Crippen molar-refractivity contribution in [1.29, 1.82) is 0 Å². The number of amides is 2. The summed E-state index contributed by atoms with van der Waals surface area (Å²) in [5, 5.41) is 3.64. The third-order valence-corrected chi connectivity index (χ3v) is 6.44. The molecule has 2 N–H and O–H groups in total. The number of rotatable bonds is 8. The zero-order valence-electron chi connectivity index (χ0n) is 19.5. The molecule has 0 bridgehead atoms. The summed E-state index contributed by atoms with van der Waals surface area (Å²) in [6, 6.07) is 7.37. The zero-order chi connectivity index (χ0) is 24.0. The van der Waals surface area contributed by atoms with Crippen LogP contribution < -0.4 is 5.32 Å². The fraction of sp³-hybridized carbons (Fsp3) is 0.480. The smallest absolute Gasteiger partial charge is 0.355 e. The van der Waals surface area contributed by atoms with Crippen molar-refractivity contribution < 1.29 is 19.1 Å². The molecule has 0 spiro atoms. The molecule has 3 rings (SSSR count). The number of nitrogens with zero attached hydrogens (tertiary/aromatic N) is 1. The van der Waals surface area contributed by atoms with Gasteiger partial charge < -0.3 is 19.9 Å². The van der Waals surface area contributed by atoms with Gasteiger partial charge in [0.25, 0.3) is 0 Å². The molecular weight excluding hydrogens is 442 g/mol. The molecule has 178 valence electrons. The van der Waals surface area contributed by atoms with Gasteiger partial charge in [0, 0.05) is 36.8 Å². The standard InChI is InChI=1S/C25H32ClN3O4/c1-4-33-25(32)23-16(2)21(17(3)28-23)11-12-22(30)29-13-5-6-19(15-29)24(31)27-14-18-7-9-20(26)10-8-18/h7-10,19,28H,4-6,11-15H2,1-3H3,(H,27,31). The van der Waals surface area contributed by atoms with Gasteiger partial charge >= 0.3 is 5.97 Å². The molecule has 1 aromatic heterocycles. The third kappa shape index (κ3) is 6.38. The van der Waals surface area contributed by atoms with Crippen molar-refractivity contribution in [3.63, 3.8) is 0 Å². The van der Waals surface area contributed by atoms with E-state index in [1.54, 1.807) is 24.0 Å². The minimum Gasteiger partial charge on any atom is -0.461 e. The molecule has 33 heavy (non-hydrogen) atoms. The van der Waals surface area contributed by atoms with E-state index in [9.17, 15) is 14.4 Å². The monoisotopic (exact) mass is 473 g/mol. The van der Waals surface area contributed by atoms with Gasteiger partial charge in [-0.05, 0) is 68.9 Å². The number of benzene rings is 1. The average molecular weight is 474 g/mol. The van der Waals surface area contributed by atoms with Gasteiger partial charge in [-0.15, -0.1) is 0 Å². The Morgan fingerprint density at radius 2 is 1.94 bits per heavy atom. The maximum absolute atomic E-state index is 12.9. The van der Waals surface area contributed by atoms with Gasteiger partial charge in [-0.1, -0.05) is 23.7 Å². The lowest BCUT2D eigenvalue weighted by Gasteiger charge is -2.32. The molecular formula is C25H32ClN3O4. The minimum absolute atomic E-state index is 0.0288. The van der Waals surface area contributed by atoms with E-state index in [0.29, 0.717) is 49.8 Å². The maximum atomic E-state index is 12.9. The molecule has 1 fully saturated rings. The maximum Gasteiger partial charge on any atom is 0.355 e. The van der Waals surface area contributed by atoms with Crippen LogP contribution in [0.25, 0.3) is 0 Å². The first kappa shape index (κ1) is 24.8. The first-order chi connectivity index (χ1) is 15.8. The average Bonchev–Trinajstić information content (AvgIpc) is 3.10. The normalized spacial score (nSPS) is 15.9. The van der Waals surface area contributed by atoms with Gasteiger partial charge in [0.05, 0.1) is 12.5 Å². The quantitative estimate of drug-likeness (QED) is 0.568. The Bertz CT molecular complexity index is 1000. The van der Waals surface area contributed by atoms with Crippen LogP contribution in [-0.2, 0) is 27.3 Å². The summed E-state index contributed by atoms with van der Waals surface area (Å²) >= 11 is 5.90. The molecule has 7 nitrogen and oxygen atoms in total. The number of nitrogens with one attached hydrogen (secondary N) is 2. The second-order valence-corrected chi connectivity index (χ2v) is 8.91. The summed E-state index contributed by atoms with van der Waals surface area (Å²) in [4.78, 5) is 42.6. The highest BCUT2D eigenvalue weighted by molar-refractivity contribution is 6.30. The number of carbonyl (C=O) groups excluding carboxylic acids is 3. The van der Waals surface area contributed by atoms with Crippen molar-refractivity contribution in [3.8, 4) is 0 Å². The molecule has 1 aliphatic heterocycles. The van der Waals surface area contributed by atoms with Crippen molar-refractivity contribution in [2.24, 2.45) is 5.92 Å². The summed E-state index contributed by atoms with van der Waals surface area (Å²) in [6.07, 6.45) is 2.45. The van der Waals surface area contributed by atoms with Gasteiger partial charge in [0.1, 0.15) is 5.69 Å². The van der Waals surface area contributed by atoms with Crippen LogP contribution in [-0.4, -0.2) is 47.4 Å². The largest absolute Gasteiger partial charge is 0.461 e. The van der Waals surface area contributed by atoms with E-state index >= 15 is 0 Å². The number of likely N-dealkylation sites (tertiary alicyclic amines) is 1. The number of hydrogen-bond acceptors (Lipinski definition) is 4. The predicted octanol–water partition coefficient (Wildman–Crippen LogP) is 3.95. The van der Waals surface area contributed by atoms with E-state index in [-0.39, 0.29) is 23.7 Å². The van der Waals surface area contributed by atoms with E-state index in [0.717, 1.165) is 35.2 Å². The highest BCUT2D eigenvalue weighted by atomic mass is 35.5. The number of H-pyrrole nitrogens is 1. The number of aromatic amines is 1. The Morgan fingerprint density at radius 3 is 2.64 bits per heavy atom. The lowest BCUT2D eigenvalue weighted by Crippen LogP contribution is -2.45. The van der Waals surface area contributed by atoms with Gasteiger partial charge in [0.2, 0.25) is 11.8 Å². The molecule has 1 aliphatic rings. The number of ether oxygens (including phenoxy) is 1. The fourth-order valence-corrected chi connectivity index (χ4v) is 4.44. The number of hydrogen-bond donors (Lipinski definition) is 2. The van der Waals surface area contributed by atoms with E-state index < -0.39 is 0 Å². The highest BCUT2D eigenvalue weighted by Crippen LogP contribution is 2.22. The van der Waals surface area contributed by atoms with E-state index in [1.165, 1.54) is 0 Å². The summed E-state index contributed by atoms with van der Waals surface area (Å²) in [5.41, 5.74) is 4.11.